The minimum atomic E-state index is -0.370. The fraction of sp³-hybridized carbons (Fsp3) is 0.556. The standard InChI is InChI=1S/C18H24N2O3S/c1-12(24-2)18(22)20-9-4-3-5-15(20)17(21)19-14-6-7-16-13(11-14)8-10-23-16/h6-7,11-12,15H,3-5,8-10H2,1-2H3,(H,19,21). The number of ether oxygens (including phenoxy) is 1. The SMILES string of the molecule is CSC(C)C(=O)N1CCCCC1C(=O)Nc1ccc2c(c1)CCO2. The van der Waals surface area contributed by atoms with Crippen molar-refractivity contribution < 1.29 is 14.3 Å². The number of likely N-dealkylation sites (tertiary alicyclic amines) is 1. The van der Waals surface area contributed by atoms with Gasteiger partial charge in [-0.15, -0.1) is 0 Å². The number of thioether (sulfide) groups is 1. The third kappa shape index (κ3) is 3.53. The van der Waals surface area contributed by atoms with E-state index in [-0.39, 0.29) is 23.1 Å². The maximum Gasteiger partial charge on any atom is 0.247 e. The molecule has 1 aromatic rings. The van der Waals surface area contributed by atoms with Crippen molar-refractivity contribution in [3.8, 4) is 5.75 Å². The molecule has 1 saturated heterocycles. The number of rotatable bonds is 4. The van der Waals surface area contributed by atoms with Crippen LogP contribution in [-0.4, -0.2) is 47.4 Å². The summed E-state index contributed by atoms with van der Waals surface area (Å²) in [6, 6.07) is 5.36. The van der Waals surface area contributed by atoms with Gasteiger partial charge in [0.1, 0.15) is 11.8 Å². The molecule has 3 rings (SSSR count). The second kappa shape index (κ2) is 7.47. The van der Waals surface area contributed by atoms with Crippen molar-refractivity contribution in [3.63, 3.8) is 0 Å². The molecule has 0 saturated carbocycles. The topological polar surface area (TPSA) is 58.6 Å². The summed E-state index contributed by atoms with van der Waals surface area (Å²) in [6.07, 6.45) is 5.47. The summed E-state index contributed by atoms with van der Waals surface area (Å²) >= 11 is 1.52. The predicted octanol–water partition coefficient (Wildman–Crippen LogP) is 2.69. The Morgan fingerprint density at radius 2 is 2.21 bits per heavy atom. The molecule has 2 aliphatic heterocycles. The first kappa shape index (κ1) is 17.1. The normalized spacial score (nSPS) is 20.9. The minimum Gasteiger partial charge on any atom is -0.493 e. The lowest BCUT2D eigenvalue weighted by atomic mass is 10.0. The van der Waals surface area contributed by atoms with Crippen LogP contribution in [0.3, 0.4) is 0 Å². The van der Waals surface area contributed by atoms with Crippen LogP contribution in [0, 0.1) is 0 Å². The van der Waals surface area contributed by atoms with Crippen LogP contribution in [0.2, 0.25) is 0 Å². The van der Waals surface area contributed by atoms with Gasteiger partial charge in [-0.1, -0.05) is 0 Å². The van der Waals surface area contributed by atoms with Gasteiger partial charge in [0.05, 0.1) is 11.9 Å². The number of nitrogens with zero attached hydrogens (tertiary/aromatic N) is 1. The van der Waals surface area contributed by atoms with Gasteiger partial charge < -0.3 is 15.0 Å². The highest BCUT2D eigenvalue weighted by Crippen LogP contribution is 2.28. The maximum absolute atomic E-state index is 12.8. The summed E-state index contributed by atoms with van der Waals surface area (Å²) in [4.78, 5) is 27.1. The lowest BCUT2D eigenvalue weighted by molar-refractivity contribution is -0.139. The Balaban J connectivity index is 1.71. The molecule has 0 spiro atoms. The van der Waals surface area contributed by atoms with Gasteiger partial charge in [0, 0.05) is 18.7 Å². The van der Waals surface area contributed by atoms with Gasteiger partial charge in [-0.3, -0.25) is 9.59 Å². The molecule has 2 heterocycles. The fourth-order valence-corrected chi connectivity index (χ4v) is 3.63. The molecular weight excluding hydrogens is 324 g/mol. The van der Waals surface area contributed by atoms with E-state index >= 15 is 0 Å². The zero-order valence-electron chi connectivity index (χ0n) is 14.2. The molecule has 0 aromatic heterocycles. The number of benzene rings is 1. The Morgan fingerprint density at radius 3 is 3.00 bits per heavy atom. The van der Waals surface area contributed by atoms with E-state index in [4.69, 9.17) is 4.74 Å². The lowest BCUT2D eigenvalue weighted by Gasteiger charge is -2.36. The number of carbonyl (C=O) groups excluding carboxylic acids is 2. The van der Waals surface area contributed by atoms with Crippen molar-refractivity contribution in [1.29, 1.82) is 0 Å². The van der Waals surface area contributed by atoms with Gasteiger partial charge >= 0.3 is 0 Å². The van der Waals surface area contributed by atoms with Crippen molar-refractivity contribution in [2.24, 2.45) is 0 Å². The van der Waals surface area contributed by atoms with Crippen molar-refractivity contribution in [2.75, 3.05) is 24.7 Å². The first-order valence-electron chi connectivity index (χ1n) is 8.50. The first-order chi connectivity index (χ1) is 11.6. The van der Waals surface area contributed by atoms with Crippen LogP contribution >= 0.6 is 11.8 Å². The van der Waals surface area contributed by atoms with E-state index in [0.717, 1.165) is 42.7 Å². The Hall–Kier alpha value is -1.69. The Labute approximate surface area is 147 Å². The smallest absolute Gasteiger partial charge is 0.247 e. The molecule has 5 nitrogen and oxygen atoms in total. The summed E-state index contributed by atoms with van der Waals surface area (Å²) in [5, 5.41) is 2.87. The molecular formula is C18H24N2O3S. The van der Waals surface area contributed by atoms with Crippen LogP contribution in [0.25, 0.3) is 0 Å². The van der Waals surface area contributed by atoms with E-state index < -0.39 is 0 Å². The summed E-state index contributed by atoms with van der Waals surface area (Å²) in [5.41, 5.74) is 1.90. The highest BCUT2D eigenvalue weighted by atomic mass is 32.2. The molecule has 1 N–H and O–H groups in total. The van der Waals surface area contributed by atoms with Crippen LogP contribution in [0.1, 0.15) is 31.7 Å². The second-order valence-corrected chi connectivity index (χ2v) is 7.51. The van der Waals surface area contributed by atoms with Crippen LogP contribution in [0.5, 0.6) is 5.75 Å². The molecule has 24 heavy (non-hydrogen) atoms. The zero-order valence-corrected chi connectivity index (χ0v) is 15.0. The molecule has 0 aliphatic carbocycles. The first-order valence-corrected chi connectivity index (χ1v) is 9.79. The summed E-state index contributed by atoms with van der Waals surface area (Å²) in [7, 11) is 0. The van der Waals surface area contributed by atoms with Crippen molar-refractivity contribution >= 4 is 29.3 Å². The molecule has 1 aromatic carbocycles. The largest absolute Gasteiger partial charge is 0.493 e. The van der Waals surface area contributed by atoms with E-state index in [1.54, 1.807) is 4.90 Å². The molecule has 2 unspecified atom stereocenters. The number of carbonyl (C=O) groups is 2. The van der Waals surface area contributed by atoms with E-state index in [2.05, 4.69) is 5.32 Å². The fourth-order valence-electron chi connectivity index (χ4n) is 3.29. The molecule has 2 aliphatic rings. The van der Waals surface area contributed by atoms with Gasteiger partial charge in [-0.2, -0.15) is 11.8 Å². The van der Waals surface area contributed by atoms with E-state index in [9.17, 15) is 9.59 Å². The van der Waals surface area contributed by atoms with Gasteiger partial charge in [0.15, 0.2) is 0 Å². The maximum atomic E-state index is 12.8. The Kier molecular flexibility index (Phi) is 5.33. The van der Waals surface area contributed by atoms with E-state index in [1.807, 2.05) is 31.4 Å². The quantitative estimate of drug-likeness (QED) is 0.909. The van der Waals surface area contributed by atoms with E-state index in [0.29, 0.717) is 13.2 Å². The number of piperidine rings is 1. The number of hydrogen-bond donors (Lipinski definition) is 1. The zero-order chi connectivity index (χ0) is 17.1. The summed E-state index contributed by atoms with van der Waals surface area (Å²) in [6.45, 7) is 3.27. The van der Waals surface area contributed by atoms with E-state index in [1.165, 1.54) is 11.8 Å². The van der Waals surface area contributed by atoms with Gasteiger partial charge in [0.25, 0.3) is 0 Å². The molecule has 2 atom stereocenters. The average Bonchev–Trinajstić information content (AvgIpc) is 3.08. The van der Waals surface area contributed by atoms with Gasteiger partial charge in [-0.05, 0) is 56.2 Å². The number of amides is 2. The predicted molar refractivity (Wildman–Crippen MR) is 96.6 cm³/mol. The lowest BCUT2D eigenvalue weighted by Crippen LogP contribution is -2.52. The van der Waals surface area contributed by atoms with Crippen LogP contribution in [0.15, 0.2) is 18.2 Å². The van der Waals surface area contributed by atoms with Crippen LogP contribution < -0.4 is 10.1 Å². The molecule has 130 valence electrons. The number of anilines is 1. The molecule has 0 radical (unpaired) electrons. The second-order valence-electron chi connectivity index (χ2n) is 6.33. The Bertz CT molecular complexity index is 635. The van der Waals surface area contributed by atoms with Crippen molar-refractivity contribution in [3.05, 3.63) is 23.8 Å². The average molecular weight is 348 g/mol. The van der Waals surface area contributed by atoms with Crippen LogP contribution in [-0.2, 0) is 16.0 Å². The molecule has 0 bridgehead atoms. The molecule has 1 fully saturated rings. The third-order valence-corrected chi connectivity index (χ3v) is 5.66. The molecule has 6 heteroatoms. The number of nitrogens with one attached hydrogen (secondary N) is 1. The monoisotopic (exact) mass is 348 g/mol. The van der Waals surface area contributed by atoms with Crippen molar-refractivity contribution in [1.82, 2.24) is 4.90 Å². The summed E-state index contributed by atoms with van der Waals surface area (Å²) < 4.78 is 5.49. The van der Waals surface area contributed by atoms with Gasteiger partial charge in [0.2, 0.25) is 11.8 Å². The number of hydrogen-bond acceptors (Lipinski definition) is 4. The Morgan fingerprint density at radius 1 is 1.38 bits per heavy atom. The highest BCUT2D eigenvalue weighted by molar-refractivity contribution is 7.99. The minimum absolute atomic E-state index is 0.0599. The van der Waals surface area contributed by atoms with Crippen molar-refractivity contribution in [2.45, 2.75) is 43.9 Å². The highest BCUT2D eigenvalue weighted by Gasteiger charge is 2.34. The van der Waals surface area contributed by atoms with Crippen LogP contribution in [0.4, 0.5) is 5.69 Å². The number of fused-ring (bicyclic) bond motifs is 1. The third-order valence-electron chi connectivity index (χ3n) is 4.75. The summed E-state index contributed by atoms with van der Waals surface area (Å²) in [5.74, 6) is 0.871. The molecule has 2 amide bonds. The van der Waals surface area contributed by atoms with Gasteiger partial charge in [-0.25, -0.2) is 0 Å².